The monoisotopic (exact) mass is 284 g/mol. The Morgan fingerprint density at radius 1 is 1.32 bits per heavy atom. The predicted octanol–water partition coefficient (Wildman–Crippen LogP) is 1.39. The fourth-order valence-corrected chi connectivity index (χ4v) is 2.79. The lowest BCUT2D eigenvalue weighted by atomic mass is 10.1. The lowest BCUT2D eigenvalue weighted by Gasteiger charge is -2.16. The molecule has 0 fully saturated rings. The molecule has 0 saturated carbocycles. The second-order valence-corrected chi connectivity index (χ2v) is 6.06. The standard InChI is InChI=1S/C13H20N2O3S/c1-5-14-19(17,18)11-7-8-12(10(3)9-11)13(16)15(4)6-2/h7-9,14H,5-6H2,1-4H3. The first-order valence-corrected chi connectivity index (χ1v) is 7.67. The number of rotatable bonds is 5. The quantitative estimate of drug-likeness (QED) is 0.888. The van der Waals surface area contributed by atoms with E-state index in [1.165, 1.54) is 12.1 Å². The van der Waals surface area contributed by atoms with Gasteiger partial charge in [-0.3, -0.25) is 4.79 Å². The average molecular weight is 284 g/mol. The van der Waals surface area contributed by atoms with Crippen molar-refractivity contribution < 1.29 is 13.2 Å². The zero-order valence-electron chi connectivity index (χ0n) is 11.7. The van der Waals surface area contributed by atoms with E-state index < -0.39 is 10.0 Å². The van der Waals surface area contributed by atoms with Crippen LogP contribution in [-0.2, 0) is 10.0 Å². The molecule has 1 aromatic carbocycles. The zero-order valence-corrected chi connectivity index (χ0v) is 12.5. The fraction of sp³-hybridized carbons (Fsp3) is 0.462. The van der Waals surface area contributed by atoms with Crippen molar-refractivity contribution in [2.24, 2.45) is 0 Å². The molecule has 0 unspecified atom stereocenters. The van der Waals surface area contributed by atoms with E-state index in [2.05, 4.69) is 4.72 Å². The summed E-state index contributed by atoms with van der Waals surface area (Å²) < 4.78 is 26.1. The molecule has 0 bridgehead atoms. The van der Waals surface area contributed by atoms with Crippen molar-refractivity contribution >= 4 is 15.9 Å². The molecule has 1 rings (SSSR count). The van der Waals surface area contributed by atoms with Crippen LogP contribution >= 0.6 is 0 Å². The van der Waals surface area contributed by atoms with Gasteiger partial charge < -0.3 is 4.90 Å². The maximum atomic E-state index is 12.0. The number of carbonyl (C=O) groups is 1. The normalized spacial score (nSPS) is 11.4. The summed E-state index contributed by atoms with van der Waals surface area (Å²) in [6, 6.07) is 4.55. The van der Waals surface area contributed by atoms with Crippen LogP contribution in [0.4, 0.5) is 0 Å². The zero-order chi connectivity index (χ0) is 14.6. The van der Waals surface area contributed by atoms with E-state index >= 15 is 0 Å². The third kappa shape index (κ3) is 3.54. The van der Waals surface area contributed by atoms with Crippen molar-refractivity contribution in [3.05, 3.63) is 29.3 Å². The number of nitrogens with zero attached hydrogens (tertiary/aromatic N) is 1. The third-order valence-electron chi connectivity index (χ3n) is 2.89. The molecule has 0 atom stereocenters. The number of sulfonamides is 1. The number of hydrogen-bond donors (Lipinski definition) is 1. The second kappa shape index (κ2) is 6.16. The van der Waals surface area contributed by atoms with Gasteiger partial charge in [-0.2, -0.15) is 0 Å². The number of nitrogens with one attached hydrogen (secondary N) is 1. The highest BCUT2D eigenvalue weighted by molar-refractivity contribution is 7.89. The van der Waals surface area contributed by atoms with Gasteiger partial charge in [-0.15, -0.1) is 0 Å². The van der Waals surface area contributed by atoms with Gasteiger partial charge in [-0.25, -0.2) is 13.1 Å². The smallest absolute Gasteiger partial charge is 0.253 e. The van der Waals surface area contributed by atoms with Crippen LogP contribution in [0.25, 0.3) is 0 Å². The molecule has 1 aromatic rings. The Bertz CT molecular complexity index is 567. The van der Waals surface area contributed by atoms with E-state index in [-0.39, 0.29) is 10.8 Å². The summed E-state index contributed by atoms with van der Waals surface area (Å²) in [5.74, 6) is -0.104. The van der Waals surface area contributed by atoms with Gasteiger partial charge in [0.1, 0.15) is 0 Å². The van der Waals surface area contributed by atoms with Crippen molar-refractivity contribution in [3.8, 4) is 0 Å². The van der Waals surface area contributed by atoms with Crippen molar-refractivity contribution in [2.45, 2.75) is 25.7 Å². The number of hydrogen-bond acceptors (Lipinski definition) is 3. The van der Waals surface area contributed by atoms with Crippen LogP contribution in [0.1, 0.15) is 29.8 Å². The molecule has 0 saturated heterocycles. The molecule has 19 heavy (non-hydrogen) atoms. The largest absolute Gasteiger partial charge is 0.342 e. The van der Waals surface area contributed by atoms with Crippen molar-refractivity contribution in [1.82, 2.24) is 9.62 Å². The molecule has 0 spiro atoms. The maximum Gasteiger partial charge on any atom is 0.253 e. The molecule has 0 radical (unpaired) electrons. The highest BCUT2D eigenvalue weighted by Gasteiger charge is 2.17. The van der Waals surface area contributed by atoms with Gasteiger partial charge in [0.2, 0.25) is 10.0 Å². The Morgan fingerprint density at radius 2 is 1.95 bits per heavy atom. The summed E-state index contributed by atoms with van der Waals surface area (Å²) in [7, 11) is -1.76. The van der Waals surface area contributed by atoms with Gasteiger partial charge in [-0.1, -0.05) is 6.92 Å². The number of amides is 1. The molecule has 0 aliphatic heterocycles. The maximum absolute atomic E-state index is 12.0. The van der Waals surface area contributed by atoms with Gasteiger partial charge in [-0.05, 0) is 37.6 Å². The molecule has 6 heteroatoms. The summed E-state index contributed by atoms with van der Waals surface area (Å²) in [4.78, 5) is 13.8. The SMILES string of the molecule is CCNS(=O)(=O)c1ccc(C(=O)N(C)CC)c(C)c1. The van der Waals surface area contributed by atoms with E-state index in [1.807, 2.05) is 6.92 Å². The Kier molecular flexibility index (Phi) is 5.08. The molecule has 1 amide bonds. The second-order valence-electron chi connectivity index (χ2n) is 4.30. The van der Waals surface area contributed by atoms with Crippen LogP contribution in [0, 0.1) is 6.92 Å². The predicted molar refractivity (Wildman–Crippen MR) is 74.7 cm³/mol. The molecule has 0 aromatic heterocycles. The minimum atomic E-state index is -3.48. The Hall–Kier alpha value is -1.40. The topological polar surface area (TPSA) is 66.5 Å². The summed E-state index contributed by atoms with van der Waals surface area (Å²) in [6.45, 7) is 6.29. The van der Waals surface area contributed by atoms with Gasteiger partial charge in [0.05, 0.1) is 4.90 Å². The third-order valence-corrected chi connectivity index (χ3v) is 4.44. The molecular formula is C13H20N2O3S. The first-order valence-electron chi connectivity index (χ1n) is 6.19. The highest BCUT2D eigenvalue weighted by Crippen LogP contribution is 2.16. The molecule has 0 heterocycles. The average Bonchev–Trinajstić information content (AvgIpc) is 2.36. The number of aryl methyl sites for hydroxylation is 1. The fourth-order valence-electron chi connectivity index (χ4n) is 1.67. The van der Waals surface area contributed by atoms with Gasteiger partial charge in [0, 0.05) is 25.7 Å². The molecule has 1 N–H and O–H groups in total. The van der Waals surface area contributed by atoms with Crippen molar-refractivity contribution in [2.75, 3.05) is 20.1 Å². The number of benzene rings is 1. The molecule has 0 aliphatic rings. The molecular weight excluding hydrogens is 264 g/mol. The molecule has 5 nitrogen and oxygen atoms in total. The Morgan fingerprint density at radius 3 is 2.42 bits per heavy atom. The summed E-state index contributed by atoms with van der Waals surface area (Å²) in [5.41, 5.74) is 1.18. The van der Waals surface area contributed by atoms with Crippen LogP contribution in [0.2, 0.25) is 0 Å². The lowest BCUT2D eigenvalue weighted by Crippen LogP contribution is -2.27. The van der Waals surface area contributed by atoms with Crippen LogP contribution in [0.15, 0.2) is 23.1 Å². The molecule has 106 valence electrons. The van der Waals surface area contributed by atoms with E-state index in [0.29, 0.717) is 24.2 Å². The van der Waals surface area contributed by atoms with Gasteiger partial charge in [0.15, 0.2) is 0 Å². The first kappa shape index (κ1) is 15.7. The van der Waals surface area contributed by atoms with E-state index in [4.69, 9.17) is 0 Å². The Labute approximate surface area is 114 Å². The van der Waals surface area contributed by atoms with Gasteiger partial charge >= 0.3 is 0 Å². The van der Waals surface area contributed by atoms with Crippen LogP contribution < -0.4 is 4.72 Å². The van der Waals surface area contributed by atoms with Crippen LogP contribution in [0.3, 0.4) is 0 Å². The highest BCUT2D eigenvalue weighted by atomic mass is 32.2. The Balaban J connectivity index is 3.15. The summed E-state index contributed by atoms with van der Waals surface area (Å²) in [5, 5.41) is 0. The summed E-state index contributed by atoms with van der Waals surface area (Å²) in [6.07, 6.45) is 0. The van der Waals surface area contributed by atoms with E-state index in [9.17, 15) is 13.2 Å². The number of carbonyl (C=O) groups excluding carboxylic acids is 1. The van der Waals surface area contributed by atoms with Gasteiger partial charge in [0.25, 0.3) is 5.91 Å². The van der Waals surface area contributed by atoms with Crippen molar-refractivity contribution in [1.29, 1.82) is 0 Å². The molecule has 0 aliphatic carbocycles. The minimum absolute atomic E-state index is 0.104. The first-order chi connectivity index (χ1) is 8.83. The summed E-state index contributed by atoms with van der Waals surface area (Å²) >= 11 is 0. The lowest BCUT2D eigenvalue weighted by molar-refractivity contribution is 0.0801. The van der Waals surface area contributed by atoms with Crippen LogP contribution in [0.5, 0.6) is 0 Å². The van der Waals surface area contributed by atoms with E-state index in [1.54, 1.807) is 31.9 Å². The van der Waals surface area contributed by atoms with E-state index in [0.717, 1.165) is 0 Å². The van der Waals surface area contributed by atoms with Crippen LogP contribution in [-0.4, -0.2) is 39.4 Å². The minimum Gasteiger partial charge on any atom is -0.342 e. The van der Waals surface area contributed by atoms with Crippen molar-refractivity contribution in [3.63, 3.8) is 0 Å².